The molecule has 1 amide bonds. The van der Waals surface area contributed by atoms with Gasteiger partial charge in [-0.2, -0.15) is 0 Å². The largest absolute Gasteiger partial charge is 0.465 e. The van der Waals surface area contributed by atoms with Gasteiger partial charge in [-0.25, -0.2) is 9.78 Å². The number of carbonyl (C=O) groups excluding carboxylic acids is 2. The Morgan fingerprint density at radius 3 is 3.09 bits per heavy atom. The number of benzene rings is 1. The number of esters is 1. The number of ether oxygens (including phenoxy) is 1. The molecular formula is C16H17N3O3. The van der Waals surface area contributed by atoms with Crippen LogP contribution in [0.1, 0.15) is 23.2 Å². The van der Waals surface area contributed by atoms with Crippen LogP contribution in [0.4, 0.5) is 0 Å². The number of nitrogens with one attached hydrogen (secondary N) is 1. The van der Waals surface area contributed by atoms with Crippen LogP contribution in [0.5, 0.6) is 0 Å². The summed E-state index contributed by atoms with van der Waals surface area (Å²) in [5.74, 6) is 0.495. The summed E-state index contributed by atoms with van der Waals surface area (Å²) in [7, 11) is 1.36. The van der Waals surface area contributed by atoms with Gasteiger partial charge < -0.3 is 14.6 Å². The van der Waals surface area contributed by atoms with Crippen molar-refractivity contribution in [2.75, 3.05) is 7.11 Å². The van der Waals surface area contributed by atoms with Crippen molar-refractivity contribution in [3.05, 3.63) is 42.2 Å². The van der Waals surface area contributed by atoms with E-state index >= 15 is 0 Å². The summed E-state index contributed by atoms with van der Waals surface area (Å²) in [5, 5.41) is 2.95. The highest BCUT2D eigenvalue weighted by Gasteiger charge is 2.22. The van der Waals surface area contributed by atoms with Gasteiger partial charge in [-0.3, -0.25) is 4.79 Å². The first kappa shape index (κ1) is 14.3. The van der Waals surface area contributed by atoms with E-state index in [1.807, 2.05) is 16.8 Å². The van der Waals surface area contributed by atoms with E-state index in [0.29, 0.717) is 18.5 Å². The van der Waals surface area contributed by atoms with Gasteiger partial charge in [-0.15, -0.1) is 0 Å². The lowest BCUT2D eigenvalue weighted by Crippen LogP contribution is -2.29. The molecule has 114 valence electrons. The number of nitrogens with zero attached hydrogens (tertiary/aromatic N) is 2. The maximum absolute atomic E-state index is 11.6. The summed E-state index contributed by atoms with van der Waals surface area (Å²) in [6.45, 7) is 0.670. The highest BCUT2D eigenvalue weighted by molar-refractivity contribution is 5.90. The molecule has 6 heteroatoms. The van der Waals surface area contributed by atoms with Crippen molar-refractivity contribution >= 4 is 11.9 Å². The Hall–Kier alpha value is -2.63. The van der Waals surface area contributed by atoms with Crippen LogP contribution in [0.2, 0.25) is 0 Å². The Kier molecular flexibility index (Phi) is 3.91. The zero-order valence-corrected chi connectivity index (χ0v) is 12.3. The molecule has 1 aliphatic rings. The van der Waals surface area contributed by atoms with Crippen LogP contribution in [0.3, 0.4) is 0 Å². The van der Waals surface area contributed by atoms with Crippen LogP contribution in [-0.4, -0.2) is 34.6 Å². The fourth-order valence-corrected chi connectivity index (χ4v) is 2.67. The first-order chi connectivity index (χ1) is 10.7. The maximum Gasteiger partial charge on any atom is 0.337 e. The lowest BCUT2D eigenvalue weighted by molar-refractivity contribution is -0.119. The minimum atomic E-state index is -0.372. The van der Waals surface area contributed by atoms with Gasteiger partial charge in [-0.1, -0.05) is 12.1 Å². The van der Waals surface area contributed by atoms with Gasteiger partial charge in [0.15, 0.2) is 0 Å². The fourth-order valence-electron chi connectivity index (χ4n) is 2.67. The van der Waals surface area contributed by atoms with Crippen LogP contribution in [0, 0.1) is 0 Å². The molecule has 1 aromatic carbocycles. The number of imidazole rings is 1. The molecule has 22 heavy (non-hydrogen) atoms. The van der Waals surface area contributed by atoms with Crippen molar-refractivity contribution in [3.63, 3.8) is 0 Å². The average Bonchev–Trinajstić information content (AvgIpc) is 3.16. The van der Waals surface area contributed by atoms with E-state index in [2.05, 4.69) is 10.3 Å². The monoisotopic (exact) mass is 299 g/mol. The van der Waals surface area contributed by atoms with E-state index < -0.39 is 0 Å². The quantitative estimate of drug-likeness (QED) is 0.871. The molecule has 2 heterocycles. The first-order valence-corrected chi connectivity index (χ1v) is 7.16. The molecule has 0 radical (unpaired) electrons. The Morgan fingerprint density at radius 1 is 1.50 bits per heavy atom. The van der Waals surface area contributed by atoms with Gasteiger partial charge in [0.25, 0.3) is 0 Å². The predicted molar refractivity (Wildman–Crippen MR) is 80.2 cm³/mol. The van der Waals surface area contributed by atoms with E-state index in [-0.39, 0.29) is 17.9 Å². The highest BCUT2D eigenvalue weighted by atomic mass is 16.5. The van der Waals surface area contributed by atoms with Crippen LogP contribution < -0.4 is 5.32 Å². The summed E-state index contributed by atoms with van der Waals surface area (Å²) in [4.78, 5) is 27.3. The molecule has 1 N–H and O–H groups in total. The molecule has 1 atom stereocenters. The topological polar surface area (TPSA) is 73.2 Å². The van der Waals surface area contributed by atoms with Gasteiger partial charge in [0.1, 0.15) is 5.82 Å². The summed E-state index contributed by atoms with van der Waals surface area (Å²) >= 11 is 0. The Labute approximate surface area is 128 Å². The second kappa shape index (κ2) is 6.01. The van der Waals surface area contributed by atoms with Crippen LogP contribution >= 0.6 is 0 Å². The molecular weight excluding hydrogens is 282 g/mol. The number of methoxy groups -OCH3 is 1. The summed E-state index contributed by atoms with van der Waals surface area (Å²) in [5.41, 5.74) is 1.33. The van der Waals surface area contributed by atoms with Crippen molar-refractivity contribution in [3.8, 4) is 11.4 Å². The number of aromatic nitrogens is 2. The maximum atomic E-state index is 11.6. The van der Waals surface area contributed by atoms with Crippen LogP contribution in [0.15, 0.2) is 36.7 Å². The second-order valence-corrected chi connectivity index (χ2v) is 5.28. The molecule has 1 aromatic heterocycles. The lowest BCUT2D eigenvalue weighted by atomic mass is 10.1. The first-order valence-electron chi connectivity index (χ1n) is 7.16. The molecule has 1 unspecified atom stereocenters. The molecule has 0 bridgehead atoms. The van der Waals surface area contributed by atoms with E-state index in [1.165, 1.54) is 7.11 Å². The predicted octanol–water partition coefficient (Wildman–Crippen LogP) is 1.62. The molecule has 2 aromatic rings. The van der Waals surface area contributed by atoms with E-state index in [0.717, 1.165) is 17.8 Å². The number of carbonyl (C=O) groups is 2. The second-order valence-electron chi connectivity index (χ2n) is 5.28. The average molecular weight is 299 g/mol. The molecule has 0 spiro atoms. The van der Waals surface area contributed by atoms with Crippen molar-refractivity contribution < 1.29 is 14.3 Å². The minimum absolute atomic E-state index is 0.0966. The summed E-state index contributed by atoms with van der Waals surface area (Å²) in [6, 6.07) is 7.30. The van der Waals surface area contributed by atoms with Gasteiger partial charge in [-0.05, 0) is 18.6 Å². The van der Waals surface area contributed by atoms with Crippen LogP contribution in [-0.2, 0) is 16.1 Å². The lowest BCUT2D eigenvalue weighted by Gasteiger charge is -2.13. The standard InChI is InChI=1S/C16H17N3O3/c1-22-16(21)12-4-2-3-11(9-12)15-17-7-8-19(15)10-13-5-6-14(20)18-13/h2-4,7-9,13H,5-6,10H2,1H3,(H,18,20). The number of hydrogen-bond donors (Lipinski definition) is 1. The number of amides is 1. The third-order valence-corrected chi connectivity index (χ3v) is 3.76. The van der Waals surface area contributed by atoms with Gasteiger partial charge >= 0.3 is 5.97 Å². The van der Waals surface area contributed by atoms with Crippen molar-refractivity contribution in [1.29, 1.82) is 0 Å². The molecule has 1 saturated heterocycles. The van der Waals surface area contributed by atoms with Crippen molar-refractivity contribution in [1.82, 2.24) is 14.9 Å². The van der Waals surface area contributed by atoms with Crippen molar-refractivity contribution in [2.24, 2.45) is 0 Å². The minimum Gasteiger partial charge on any atom is -0.465 e. The zero-order chi connectivity index (χ0) is 15.5. The third-order valence-electron chi connectivity index (χ3n) is 3.76. The van der Waals surface area contributed by atoms with E-state index in [9.17, 15) is 9.59 Å². The zero-order valence-electron chi connectivity index (χ0n) is 12.3. The van der Waals surface area contributed by atoms with Crippen LogP contribution in [0.25, 0.3) is 11.4 Å². The SMILES string of the molecule is COC(=O)c1cccc(-c2nccn2CC2CCC(=O)N2)c1. The Morgan fingerprint density at radius 2 is 2.36 bits per heavy atom. The molecule has 1 aliphatic heterocycles. The van der Waals surface area contributed by atoms with Crippen molar-refractivity contribution in [2.45, 2.75) is 25.4 Å². The number of hydrogen-bond acceptors (Lipinski definition) is 4. The Balaban J connectivity index is 1.85. The summed E-state index contributed by atoms with van der Waals surface area (Å²) in [6.07, 6.45) is 5.01. The fraction of sp³-hybridized carbons (Fsp3) is 0.312. The Bertz CT molecular complexity index is 708. The van der Waals surface area contributed by atoms with Gasteiger partial charge in [0.2, 0.25) is 5.91 Å². The van der Waals surface area contributed by atoms with E-state index in [4.69, 9.17) is 4.74 Å². The molecule has 1 fully saturated rings. The van der Waals surface area contributed by atoms with E-state index in [1.54, 1.807) is 24.4 Å². The third kappa shape index (κ3) is 2.86. The molecule has 6 nitrogen and oxygen atoms in total. The summed E-state index contributed by atoms with van der Waals surface area (Å²) < 4.78 is 6.74. The highest BCUT2D eigenvalue weighted by Crippen LogP contribution is 2.21. The number of rotatable bonds is 4. The molecule has 3 rings (SSSR count). The van der Waals surface area contributed by atoms with Gasteiger partial charge in [0.05, 0.1) is 12.7 Å². The van der Waals surface area contributed by atoms with Gasteiger partial charge in [0, 0.05) is 37.0 Å². The smallest absolute Gasteiger partial charge is 0.337 e. The molecule has 0 saturated carbocycles. The normalized spacial score (nSPS) is 17.3. The molecule has 0 aliphatic carbocycles.